The Bertz CT molecular complexity index is 1430. The third-order valence-corrected chi connectivity index (χ3v) is 9.11. The molecule has 2 fully saturated rings. The smallest absolute Gasteiger partial charge is 0.261 e. The van der Waals surface area contributed by atoms with Crippen LogP contribution < -0.4 is 16.2 Å². The van der Waals surface area contributed by atoms with E-state index in [4.69, 9.17) is 28.2 Å². The van der Waals surface area contributed by atoms with Crippen LogP contribution in [0.25, 0.3) is 10.9 Å². The second kappa shape index (κ2) is 12.5. The van der Waals surface area contributed by atoms with Crippen molar-refractivity contribution in [2.75, 3.05) is 18.4 Å². The Morgan fingerprint density at radius 3 is 2.60 bits per heavy atom. The summed E-state index contributed by atoms with van der Waals surface area (Å²) in [6, 6.07) is 12.3. The van der Waals surface area contributed by atoms with Crippen LogP contribution in [0.4, 0.5) is 5.69 Å². The van der Waals surface area contributed by atoms with E-state index in [1.54, 1.807) is 17.0 Å². The molecule has 2 N–H and O–H groups in total. The second-order valence-corrected chi connectivity index (χ2v) is 12.6. The van der Waals surface area contributed by atoms with Crippen molar-refractivity contribution < 1.29 is 0 Å². The summed E-state index contributed by atoms with van der Waals surface area (Å²) < 4.78 is 1.64. The van der Waals surface area contributed by atoms with Gasteiger partial charge in [0.15, 0.2) is 5.96 Å². The Balaban J connectivity index is 1.39. The Morgan fingerprint density at radius 1 is 1.07 bits per heavy atom. The molecule has 1 aliphatic heterocycles. The average molecular weight is 584 g/mol. The van der Waals surface area contributed by atoms with Crippen molar-refractivity contribution in [2.45, 2.75) is 78.0 Å². The molecule has 1 aromatic heterocycles. The summed E-state index contributed by atoms with van der Waals surface area (Å²) in [5.41, 5.74) is 2.43. The summed E-state index contributed by atoms with van der Waals surface area (Å²) in [6.45, 7) is 11.4. The minimum absolute atomic E-state index is 0.0645. The average Bonchev–Trinajstić information content (AvgIpc) is 2.91. The maximum Gasteiger partial charge on any atom is 0.261 e. The van der Waals surface area contributed by atoms with Gasteiger partial charge < -0.3 is 15.5 Å². The van der Waals surface area contributed by atoms with Crippen LogP contribution >= 0.6 is 23.2 Å². The molecule has 5 rings (SSSR count). The van der Waals surface area contributed by atoms with Crippen molar-refractivity contribution in [1.29, 1.82) is 0 Å². The molecule has 5 atom stereocenters. The first-order valence-electron chi connectivity index (χ1n) is 14.5. The van der Waals surface area contributed by atoms with Crippen LogP contribution in [0.1, 0.15) is 52.5 Å². The highest BCUT2D eigenvalue weighted by atomic mass is 35.5. The van der Waals surface area contributed by atoms with Crippen LogP contribution in [0, 0.1) is 11.8 Å². The quantitative estimate of drug-likeness (QED) is 0.276. The summed E-state index contributed by atoms with van der Waals surface area (Å²) in [4.78, 5) is 25.6. The van der Waals surface area contributed by atoms with Gasteiger partial charge in [0.2, 0.25) is 0 Å². The Hall–Kier alpha value is -2.61. The fourth-order valence-electron chi connectivity index (χ4n) is 6.08. The van der Waals surface area contributed by atoms with E-state index < -0.39 is 0 Å². The zero-order valence-electron chi connectivity index (χ0n) is 23.8. The molecule has 1 saturated heterocycles. The molecule has 0 amide bonds. The van der Waals surface area contributed by atoms with Gasteiger partial charge in [0.05, 0.1) is 23.3 Å². The van der Waals surface area contributed by atoms with Gasteiger partial charge in [-0.3, -0.25) is 9.36 Å². The van der Waals surface area contributed by atoms with Crippen molar-refractivity contribution in [2.24, 2.45) is 16.8 Å². The van der Waals surface area contributed by atoms with E-state index in [1.807, 2.05) is 30.3 Å². The second-order valence-electron chi connectivity index (χ2n) is 11.7. The summed E-state index contributed by atoms with van der Waals surface area (Å²) >= 11 is 12.3. The van der Waals surface area contributed by atoms with Crippen LogP contribution in [0.3, 0.4) is 0 Å². The summed E-state index contributed by atoms with van der Waals surface area (Å²) in [6.07, 6.45) is 5.85. The first-order chi connectivity index (χ1) is 19.2. The van der Waals surface area contributed by atoms with Crippen LogP contribution in [0.2, 0.25) is 10.0 Å². The predicted octanol–water partition coefficient (Wildman–Crippen LogP) is 6.22. The number of nitrogens with one attached hydrogen (secondary N) is 2. The number of anilines is 1. The van der Waals surface area contributed by atoms with E-state index in [0.29, 0.717) is 63.9 Å². The predicted molar refractivity (Wildman–Crippen MR) is 167 cm³/mol. The number of aromatic nitrogens is 2. The molecule has 214 valence electrons. The summed E-state index contributed by atoms with van der Waals surface area (Å²) in [5.74, 6) is 2.13. The molecule has 1 saturated carbocycles. The maximum absolute atomic E-state index is 13.3. The largest absolute Gasteiger partial charge is 0.340 e. The van der Waals surface area contributed by atoms with Crippen molar-refractivity contribution in [3.63, 3.8) is 0 Å². The van der Waals surface area contributed by atoms with E-state index in [-0.39, 0.29) is 5.56 Å². The standard InChI is InChI=1S/C31H40Cl2N6O/c1-19-6-5-7-28(22(19)4)37-31(39-16-20(2)35-21(3)17-39)36-25-10-11-26-29(15-25)34-18-38(30(26)40)13-12-23-8-9-24(32)14-27(23)33/h8-11,14-15,18-22,28,35H,5-7,12-13,16-17H2,1-4H3,(H,36,37)/t19?,20-,21+,22?,28?. The van der Waals surface area contributed by atoms with Crippen molar-refractivity contribution in [1.82, 2.24) is 19.8 Å². The highest BCUT2D eigenvalue weighted by Crippen LogP contribution is 2.32. The molecule has 0 radical (unpaired) electrons. The molecule has 1 aliphatic carbocycles. The zero-order chi connectivity index (χ0) is 28.4. The molecule has 3 unspecified atom stereocenters. The summed E-state index contributed by atoms with van der Waals surface area (Å²) in [5, 5.41) is 9.05. The van der Waals surface area contributed by atoms with Crippen molar-refractivity contribution in [3.8, 4) is 0 Å². The van der Waals surface area contributed by atoms with Gasteiger partial charge in [-0.1, -0.05) is 56.0 Å². The normalized spacial score (nSPS) is 25.8. The Morgan fingerprint density at radius 2 is 1.85 bits per heavy atom. The Kier molecular flexibility index (Phi) is 9.03. The van der Waals surface area contributed by atoms with E-state index in [2.05, 4.69) is 48.2 Å². The van der Waals surface area contributed by atoms with Crippen LogP contribution in [-0.2, 0) is 13.0 Å². The monoisotopic (exact) mass is 582 g/mol. The number of piperazine rings is 1. The number of nitrogens with zero attached hydrogens (tertiary/aromatic N) is 4. The minimum atomic E-state index is -0.0645. The van der Waals surface area contributed by atoms with Gasteiger partial charge in [0.1, 0.15) is 0 Å². The number of halogens is 2. The third kappa shape index (κ3) is 6.64. The van der Waals surface area contributed by atoms with E-state index in [1.165, 1.54) is 12.8 Å². The van der Waals surface area contributed by atoms with E-state index in [9.17, 15) is 4.79 Å². The lowest BCUT2D eigenvalue weighted by Crippen LogP contribution is -2.57. The topological polar surface area (TPSA) is 74.5 Å². The van der Waals surface area contributed by atoms with Gasteiger partial charge in [-0.05, 0) is 74.4 Å². The lowest BCUT2D eigenvalue weighted by atomic mass is 9.78. The molecule has 9 heteroatoms. The molecule has 0 spiro atoms. The number of guanidine groups is 1. The number of aliphatic imine (C=N–C) groups is 1. The zero-order valence-corrected chi connectivity index (χ0v) is 25.3. The number of hydrogen-bond acceptors (Lipinski definition) is 4. The molecule has 2 aromatic carbocycles. The molecular weight excluding hydrogens is 543 g/mol. The fraction of sp³-hybridized carbons (Fsp3) is 0.516. The van der Waals surface area contributed by atoms with Gasteiger partial charge in [-0.15, -0.1) is 0 Å². The Labute approximate surface area is 247 Å². The van der Waals surface area contributed by atoms with Crippen LogP contribution in [0.5, 0.6) is 0 Å². The van der Waals surface area contributed by atoms with Crippen LogP contribution in [0.15, 0.2) is 52.5 Å². The SMILES string of the molecule is CC1CCCC(N=C(Nc2ccc3c(=O)n(CCc4ccc(Cl)cc4Cl)cnc3c2)N2C[C@@H](C)N[C@@H](C)C2)C1C. The van der Waals surface area contributed by atoms with Crippen LogP contribution in [-0.4, -0.2) is 51.6 Å². The number of rotatable bonds is 5. The van der Waals surface area contributed by atoms with Gasteiger partial charge in [-0.2, -0.15) is 0 Å². The highest BCUT2D eigenvalue weighted by Gasteiger charge is 2.29. The highest BCUT2D eigenvalue weighted by molar-refractivity contribution is 6.35. The van der Waals surface area contributed by atoms with E-state index in [0.717, 1.165) is 36.7 Å². The molecule has 40 heavy (non-hydrogen) atoms. The number of fused-ring (bicyclic) bond motifs is 1. The molecular formula is C31H40Cl2N6O. The van der Waals surface area contributed by atoms with Crippen molar-refractivity contribution >= 4 is 45.8 Å². The fourth-order valence-corrected chi connectivity index (χ4v) is 6.58. The lowest BCUT2D eigenvalue weighted by molar-refractivity contribution is 0.230. The third-order valence-electron chi connectivity index (χ3n) is 8.53. The van der Waals surface area contributed by atoms with Gasteiger partial charge in [0.25, 0.3) is 5.56 Å². The lowest BCUT2D eigenvalue weighted by Gasteiger charge is -2.39. The summed E-state index contributed by atoms with van der Waals surface area (Å²) in [7, 11) is 0. The molecule has 7 nitrogen and oxygen atoms in total. The minimum Gasteiger partial charge on any atom is -0.340 e. The molecule has 0 bridgehead atoms. The first-order valence-corrected chi connectivity index (χ1v) is 15.2. The van der Waals surface area contributed by atoms with Gasteiger partial charge in [0, 0.05) is 47.5 Å². The molecule has 2 heterocycles. The number of aryl methyl sites for hydroxylation is 2. The molecule has 2 aliphatic rings. The van der Waals surface area contributed by atoms with Crippen molar-refractivity contribution in [3.05, 3.63) is 68.7 Å². The maximum atomic E-state index is 13.3. The number of hydrogen-bond donors (Lipinski definition) is 2. The first kappa shape index (κ1) is 28.9. The van der Waals surface area contributed by atoms with E-state index >= 15 is 0 Å². The van der Waals surface area contributed by atoms with Gasteiger partial charge in [-0.25, -0.2) is 9.98 Å². The molecule has 3 aromatic rings. The van der Waals surface area contributed by atoms with Gasteiger partial charge >= 0.3 is 0 Å². The number of benzene rings is 2.